The minimum absolute atomic E-state index is 0. The number of nitrogens with zero attached hydrogens (tertiary/aromatic N) is 1. The van der Waals surface area contributed by atoms with Gasteiger partial charge >= 0.3 is 0 Å². The van der Waals surface area contributed by atoms with Gasteiger partial charge in [-0.3, -0.25) is 0 Å². The molecule has 0 aliphatic heterocycles. The van der Waals surface area contributed by atoms with Crippen LogP contribution in [0.1, 0.15) is 58.3 Å². The maximum absolute atomic E-state index is 3.75. The van der Waals surface area contributed by atoms with Crippen molar-refractivity contribution in [3.63, 3.8) is 0 Å². The average Bonchev–Trinajstić information content (AvgIpc) is 2.89. The van der Waals surface area contributed by atoms with Crippen LogP contribution in [0.2, 0.25) is 0 Å². The molecule has 0 heterocycles. The molecule has 17 heavy (non-hydrogen) atoms. The molecule has 2 saturated carbocycles. The van der Waals surface area contributed by atoms with Gasteiger partial charge in [0.05, 0.1) is 0 Å². The van der Waals surface area contributed by atoms with E-state index in [2.05, 4.69) is 41.8 Å². The van der Waals surface area contributed by atoms with Crippen molar-refractivity contribution in [2.45, 2.75) is 69.2 Å². The number of halogens is 1. The summed E-state index contributed by atoms with van der Waals surface area (Å²) in [7, 11) is 4.34. The zero-order valence-electron chi connectivity index (χ0n) is 11.6. The van der Waals surface area contributed by atoms with Crippen LogP contribution in [0.3, 0.4) is 0 Å². The van der Waals surface area contributed by atoms with E-state index in [0.29, 0.717) is 0 Å². The normalized spacial score (nSPS) is 29.5. The molecule has 2 unspecified atom stereocenters. The van der Waals surface area contributed by atoms with E-state index in [9.17, 15) is 0 Å². The summed E-state index contributed by atoms with van der Waals surface area (Å²) in [6.07, 6.45) is 11.7. The van der Waals surface area contributed by atoms with E-state index in [-0.39, 0.29) is 17.1 Å². The van der Waals surface area contributed by atoms with Crippen LogP contribution in [0.15, 0.2) is 0 Å². The van der Waals surface area contributed by atoms with Crippen molar-refractivity contribution in [3.8, 4) is 0 Å². The van der Waals surface area contributed by atoms with Crippen molar-refractivity contribution in [3.05, 3.63) is 0 Å². The summed E-state index contributed by atoms with van der Waals surface area (Å²) in [5, 5.41) is 0. The Morgan fingerprint density at radius 2 is 1.41 bits per heavy atom. The van der Waals surface area contributed by atoms with Gasteiger partial charge in [-0.2, -0.15) is 0 Å². The first-order chi connectivity index (χ1) is 7.63. The summed E-state index contributed by atoms with van der Waals surface area (Å²) in [6.45, 7) is 2.32. The monoisotopic (exact) mass is 345 g/mol. The molecule has 0 aromatic rings. The summed E-state index contributed by atoms with van der Waals surface area (Å²) >= 11 is 3.75. The van der Waals surface area contributed by atoms with Crippen molar-refractivity contribution in [1.82, 2.24) is 4.90 Å². The molecule has 0 bridgehead atoms. The molecule has 0 radical (unpaired) electrons. The zero-order valence-corrected chi connectivity index (χ0v) is 14.3. The average molecular weight is 346 g/mol. The van der Waals surface area contributed by atoms with Crippen LogP contribution in [0.25, 0.3) is 0 Å². The van der Waals surface area contributed by atoms with Gasteiger partial charge in [-0.15, -0.1) is 0 Å². The van der Waals surface area contributed by atoms with E-state index in [1.807, 2.05) is 0 Å². The SMILES string of the molecule is C1CCCC1.C[C@H](C1CCCC1Br)N(C)C.[Fe]. The quantitative estimate of drug-likeness (QED) is 0.528. The first-order valence-electron chi connectivity index (χ1n) is 6.93. The Kier molecular flexibility index (Phi) is 10.4. The third kappa shape index (κ3) is 6.61. The minimum Gasteiger partial charge on any atom is -0.306 e. The molecule has 0 N–H and O–H groups in total. The van der Waals surface area contributed by atoms with Gasteiger partial charge in [0.1, 0.15) is 0 Å². The first-order valence-corrected chi connectivity index (χ1v) is 7.85. The fourth-order valence-electron chi connectivity index (χ4n) is 2.75. The summed E-state index contributed by atoms with van der Waals surface area (Å²) < 4.78 is 0. The van der Waals surface area contributed by atoms with Crippen molar-refractivity contribution in [2.75, 3.05) is 14.1 Å². The van der Waals surface area contributed by atoms with Crippen LogP contribution in [-0.4, -0.2) is 29.9 Å². The smallest absolute Gasteiger partial charge is 0.0188 e. The second-order valence-electron chi connectivity index (χ2n) is 5.58. The molecule has 2 fully saturated rings. The Morgan fingerprint density at radius 1 is 0.941 bits per heavy atom. The zero-order chi connectivity index (χ0) is 12.0. The van der Waals surface area contributed by atoms with Gasteiger partial charge in [-0.05, 0) is 39.8 Å². The van der Waals surface area contributed by atoms with Crippen molar-refractivity contribution in [2.24, 2.45) is 5.92 Å². The van der Waals surface area contributed by atoms with Crippen molar-refractivity contribution < 1.29 is 17.1 Å². The van der Waals surface area contributed by atoms with E-state index >= 15 is 0 Å². The predicted octanol–water partition coefficient (Wildman–Crippen LogP) is 4.45. The number of hydrogen-bond acceptors (Lipinski definition) is 1. The molecule has 104 valence electrons. The van der Waals surface area contributed by atoms with Crippen LogP contribution >= 0.6 is 15.9 Å². The van der Waals surface area contributed by atoms with Crippen LogP contribution in [0.4, 0.5) is 0 Å². The number of alkyl halides is 1. The molecule has 0 saturated heterocycles. The summed E-state index contributed by atoms with van der Waals surface area (Å²) in [5.74, 6) is 0.866. The third-order valence-corrected chi connectivity index (χ3v) is 5.30. The Balaban J connectivity index is 0.000000360. The second-order valence-corrected chi connectivity index (χ2v) is 6.76. The molecule has 2 aliphatic carbocycles. The maximum atomic E-state index is 3.75. The van der Waals surface area contributed by atoms with Gasteiger partial charge in [0.15, 0.2) is 0 Å². The minimum atomic E-state index is 0. The maximum Gasteiger partial charge on any atom is 0.0188 e. The standard InChI is InChI=1S/C9H18BrN.C5H10.Fe/c1-7(11(2)3)8-5-4-6-9(8)10;1-2-4-5-3-1;/h7-9H,4-6H2,1-3H3;1-5H2;/t7-,8?,9?;;/m1../s1. The van der Waals surface area contributed by atoms with Gasteiger partial charge in [-0.25, -0.2) is 0 Å². The molecule has 0 amide bonds. The van der Waals surface area contributed by atoms with Crippen molar-refractivity contribution >= 4 is 15.9 Å². The van der Waals surface area contributed by atoms with E-state index in [4.69, 9.17) is 0 Å². The fraction of sp³-hybridized carbons (Fsp3) is 1.00. The van der Waals surface area contributed by atoms with Gasteiger partial charge in [0.2, 0.25) is 0 Å². The van der Waals surface area contributed by atoms with E-state index < -0.39 is 0 Å². The van der Waals surface area contributed by atoms with Crippen molar-refractivity contribution in [1.29, 1.82) is 0 Å². The molecule has 2 rings (SSSR count). The molecular formula is C14H28BrFeN. The summed E-state index contributed by atoms with van der Waals surface area (Å²) in [5.41, 5.74) is 0. The molecule has 0 aromatic heterocycles. The number of rotatable bonds is 2. The molecule has 0 aromatic carbocycles. The predicted molar refractivity (Wildman–Crippen MR) is 76.3 cm³/mol. The largest absolute Gasteiger partial charge is 0.306 e. The topological polar surface area (TPSA) is 3.24 Å². The fourth-order valence-corrected chi connectivity index (χ4v) is 3.78. The van der Waals surface area contributed by atoms with E-state index in [1.54, 1.807) is 0 Å². The Bertz CT molecular complexity index is 175. The molecule has 0 spiro atoms. The molecule has 2 aliphatic rings. The van der Waals surface area contributed by atoms with E-state index in [1.165, 1.54) is 51.4 Å². The molecule has 3 heteroatoms. The van der Waals surface area contributed by atoms with Crippen LogP contribution in [0, 0.1) is 5.92 Å². The Morgan fingerprint density at radius 3 is 1.71 bits per heavy atom. The summed E-state index contributed by atoms with van der Waals surface area (Å²) in [4.78, 5) is 3.09. The van der Waals surface area contributed by atoms with E-state index in [0.717, 1.165) is 16.8 Å². The third-order valence-electron chi connectivity index (χ3n) is 4.17. The van der Waals surface area contributed by atoms with Gasteiger partial charge in [0, 0.05) is 27.9 Å². The van der Waals surface area contributed by atoms with Gasteiger partial charge in [0.25, 0.3) is 0 Å². The van der Waals surface area contributed by atoms with Gasteiger partial charge < -0.3 is 4.90 Å². The number of hydrogen-bond donors (Lipinski definition) is 0. The Hall–Kier alpha value is 0.959. The molecule has 3 atom stereocenters. The van der Waals surface area contributed by atoms with Crippen LogP contribution < -0.4 is 0 Å². The first kappa shape index (κ1) is 18.0. The second kappa shape index (κ2) is 9.83. The van der Waals surface area contributed by atoms with Crippen LogP contribution in [-0.2, 0) is 17.1 Å². The Labute approximate surface area is 127 Å². The molecule has 1 nitrogen and oxygen atoms in total. The molecular weight excluding hydrogens is 318 g/mol. The van der Waals surface area contributed by atoms with Gasteiger partial charge in [-0.1, -0.05) is 54.5 Å². The van der Waals surface area contributed by atoms with Crippen LogP contribution in [0.5, 0.6) is 0 Å². The summed E-state index contributed by atoms with van der Waals surface area (Å²) in [6, 6.07) is 0.724.